The van der Waals surface area contributed by atoms with Crippen molar-refractivity contribution in [2.24, 2.45) is 5.73 Å². The van der Waals surface area contributed by atoms with Crippen LogP contribution in [0, 0.1) is 5.82 Å². The fraction of sp³-hybridized carbons (Fsp3) is 0.370. The largest absolute Gasteiger partial charge is 0.460 e. The number of furan rings is 1. The van der Waals surface area contributed by atoms with Crippen molar-refractivity contribution in [1.29, 1.82) is 0 Å². The van der Waals surface area contributed by atoms with E-state index in [9.17, 15) is 18.8 Å². The van der Waals surface area contributed by atoms with E-state index >= 15 is 0 Å². The predicted octanol–water partition coefficient (Wildman–Crippen LogP) is 5.07. The molecule has 2 amide bonds. The van der Waals surface area contributed by atoms with Gasteiger partial charge in [0.1, 0.15) is 23.0 Å². The fourth-order valence-corrected chi connectivity index (χ4v) is 4.79. The Labute approximate surface area is 208 Å². The van der Waals surface area contributed by atoms with Gasteiger partial charge in [-0.2, -0.15) is 0 Å². The Hall–Kier alpha value is -3.88. The average molecular weight is 497 g/mol. The van der Waals surface area contributed by atoms with Gasteiger partial charge in [-0.15, -0.1) is 0 Å². The summed E-state index contributed by atoms with van der Waals surface area (Å²) in [5.41, 5.74) is 6.45. The van der Waals surface area contributed by atoms with Crippen LogP contribution in [0.5, 0.6) is 0 Å². The first-order valence-corrected chi connectivity index (χ1v) is 11.8. The second-order valence-electron chi connectivity index (χ2n) is 9.71. The van der Waals surface area contributed by atoms with Crippen molar-refractivity contribution in [1.82, 2.24) is 4.90 Å². The van der Waals surface area contributed by atoms with Crippen LogP contribution in [0.1, 0.15) is 67.8 Å². The summed E-state index contributed by atoms with van der Waals surface area (Å²) in [5.74, 6) is -2.50. The third-order valence-corrected chi connectivity index (χ3v) is 6.12. The molecular weight excluding hydrogens is 467 g/mol. The van der Waals surface area contributed by atoms with Gasteiger partial charge in [-0.1, -0.05) is 30.3 Å². The number of rotatable bonds is 5. The number of hydrogen-bond acceptors (Lipinski definition) is 6. The number of nitrogens with zero attached hydrogens (tertiary/aromatic N) is 1. The maximum Gasteiger partial charge on any atom is 0.411 e. The minimum atomic E-state index is -1.11. The van der Waals surface area contributed by atoms with Crippen molar-refractivity contribution in [2.45, 2.75) is 57.7 Å². The smallest absolute Gasteiger partial charge is 0.411 e. The first kappa shape index (κ1) is 25.2. The van der Waals surface area contributed by atoms with E-state index in [-0.39, 0.29) is 18.8 Å². The normalized spacial score (nSPS) is 19.9. The zero-order chi connectivity index (χ0) is 26.2. The van der Waals surface area contributed by atoms with Crippen molar-refractivity contribution < 1.29 is 32.7 Å². The molecule has 1 aromatic heterocycles. The molecule has 3 atom stereocenters. The van der Waals surface area contributed by atoms with E-state index in [0.29, 0.717) is 22.1 Å². The van der Waals surface area contributed by atoms with Crippen molar-refractivity contribution in [2.75, 3.05) is 6.61 Å². The maximum atomic E-state index is 13.7. The number of primary amides is 1. The molecule has 2 N–H and O–H groups in total. The average Bonchev–Trinajstić information content (AvgIpc) is 3.37. The molecule has 0 spiro atoms. The molecule has 1 saturated heterocycles. The van der Waals surface area contributed by atoms with E-state index < -0.39 is 47.4 Å². The van der Waals surface area contributed by atoms with E-state index in [2.05, 4.69) is 0 Å². The van der Waals surface area contributed by atoms with Gasteiger partial charge < -0.3 is 19.6 Å². The number of hydrogen-bond donors (Lipinski definition) is 1. The Balaban J connectivity index is 1.92. The molecule has 0 bridgehead atoms. The first-order valence-electron chi connectivity index (χ1n) is 11.8. The van der Waals surface area contributed by atoms with Crippen molar-refractivity contribution in [3.63, 3.8) is 0 Å². The summed E-state index contributed by atoms with van der Waals surface area (Å²) in [6, 6.07) is 10.8. The highest BCUT2D eigenvalue weighted by Crippen LogP contribution is 2.49. The number of amides is 2. The zero-order valence-electron chi connectivity index (χ0n) is 20.6. The Morgan fingerprint density at radius 2 is 1.78 bits per heavy atom. The van der Waals surface area contributed by atoms with Crippen LogP contribution in [0.2, 0.25) is 0 Å². The summed E-state index contributed by atoms with van der Waals surface area (Å²) >= 11 is 0. The highest BCUT2D eigenvalue weighted by Gasteiger charge is 2.51. The summed E-state index contributed by atoms with van der Waals surface area (Å²) in [6.45, 7) is 6.94. The van der Waals surface area contributed by atoms with E-state index in [4.69, 9.17) is 19.6 Å². The van der Waals surface area contributed by atoms with Gasteiger partial charge in [0.15, 0.2) is 0 Å². The van der Waals surface area contributed by atoms with Crippen LogP contribution in [0.4, 0.5) is 9.18 Å². The molecule has 2 heterocycles. The van der Waals surface area contributed by atoms with Crippen LogP contribution in [0.25, 0.3) is 11.0 Å². The minimum Gasteiger partial charge on any atom is -0.460 e. The number of carbonyl (C=O) groups is 3. The highest BCUT2D eigenvalue weighted by molar-refractivity contribution is 5.97. The molecule has 0 saturated carbocycles. The molecule has 4 rings (SSSR count). The molecule has 1 aliphatic rings. The SMILES string of the molecule is CCOC(=O)c1oc2ccccc2c1C1C[C@@H](c2ccc(F)cc2)[C@@H](C(N)=O)N1C(=O)OC(C)(C)C. The molecule has 0 radical (unpaired) electrons. The molecular formula is C27H29FN2O6. The predicted molar refractivity (Wildman–Crippen MR) is 130 cm³/mol. The van der Waals surface area contributed by atoms with Crippen LogP contribution in [-0.4, -0.2) is 41.1 Å². The molecule has 9 heteroatoms. The summed E-state index contributed by atoms with van der Waals surface area (Å²) in [4.78, 5) is 40.6. The molecule has 1 fully saturated rings. The summed E-state index contributed by atoms with van der Waals surface area (Å²) < 4.78 is 30.5. The number of halogens is 1. The molecule has 3 aromatic rings. The van der Waals surface area contributed by atoms with Gasteiger partial charge in [-0.05, 0) is 57.9 Å². The molecule has 8 nitrogen and oxygen atoms in total. The number of ether oxygens (including phenoxy) is 2. The van der Waals surface area contributed by atoms with Crippen LogP contribution in [-0.2, 0) is 14.3 Å². The first-order chi connectivity index (χ1) is 17.0. The zero-order valence-corrected chi connectivity index (χ0v) is 20.6. The van der Waals surface area contributed by atoms with Gasteiger partial charge >= 0.3 is 12.1 Å². The molecule has 190 valence electrons. The van der Waals surface area contributed by atoms with E-state index in [1.165, 1.54) is 17.0 Å². The standard InChI is InChI=1S/C27H29FN2O6/c1-5-34-25(32)23-21(17-8-6-7-9-20(17)35-23)19-14-18(15-10-12-16(28)13-11-15)22(24(29)31)30(19)26(33)36-27(2,3)4/h6-13,18-19,22H,5,14H2,1-4H3,(H2,29,31)/t18-,19?,22-/m0/s1. The number of nitrogens with two attached hydrogens (primary N) is 1. The molecule has 1 unspecified atom stereocenters. The highest BCUT2D eigenvalue weighted by atomic mass is 19.1. The lowest BCUT2D eigenvalue weighted by atomic mass is 9.88. The van der Waals surface area contributed by atoms with E-state index in [0.717, 1.165) is 0 Å². The van der Waals surface area contributed by atoms with E-state index in [1.54, 1.807) is 64.1 Å². The van der Waals surface area contributed by atoms with Gasteiger partial charge in [0, 0.05) is 16.9 Å². The van der Waals surface area contributed by atoms with E-state index in [1.807, 2.05) is 0 Å². The van der Waals surface area contributed by atoms with Crippen molar-refractivity contribution >= 4 is 28.9 Å². The Morgan fingerprint density at radius 1 is 1.11 bits per heavy atom. The number of fused-ring (bicyclic) bond motifs is 1. The van der Waals surface area contributed by atoms with Crippen LogP contribution < -0.4 is 5.73 Å². The van der Waals surface area contributed by atoms with Crippen LogP contribution in [0.15, 0.2) is 52.9 Å². The number of esters is 1. The second-order valence-corrected chi connectivity index (χ2v) is 9.71. The Morgan fingerprint density at radius 3 is 2.39 bits per heavy atom. The number of carbonyl (C=O) groups excluding carboxylic acids is 3. The lowest BCUT2D eigenvalue weighted by Crippen LogP contribution is -2.48. The van der Waals surface area contributed by atoms with Crippen molar-refractivity contribution in [3.05, 3.63) is 71.2 Å². The number of benzene rings is 2. The number of para-hydroxylation sites is 1. The third kappa shape index (κ3) is 4.78. The van der Waals surface area contributed by atoms with Crippen LogP contribution in [0.3, 0.4) is 0 Å². The molecule has 0 aliphatic carbocycles. The van der Waals surface area contributed by atoms with Gasteiger partial charge in [0.25, 0.3) is 0 Å². The summed E-state index contributed by atoms with van der Waals surface area (Å²) in [6.07, 6.45) is -0.546. The van der Waals surface area contributed by atoms with Gasteiger partial charge in [-0.3, -0.25) is 9.69 Å². The quantitative estimate of drug-likeness (QED) is 0.494. The van der Waals surface area contributed by atoms with Crippen molar-refractivity contribution in [3.8, 4) is 0 Å². The van der Waals surface area contributed by atoms with Gasteiger partial charge in [-0.25, -0.2) is 14.0 Å². The second kappa shape index (κ2) is 9.64. The lowest BCUT2D eigenvalue weighted by molar-refractivity contribution is -0.123. The van der Waals surface area contributed by atoms with Gasteiger partial charge in [0.05, 0.1) is 12.6 Å². The Kier molecular flexibility index (Phi) is 6.75. The minimum absolute atomic E-state index is 0.0559. The molecule has 36 heavy (non-hydrogen) atoms. The Bertz CT molecular complexity index is 1290. The van der Waals surface area contributed by atoms with Gasteiger partial charge in [0.2, 0.25) is 11.7 Å². The third-order valence-electron chi connectivity index (χ3n) is 6.12. The maximum absolute atomic E-state index is 13.7. The monoisotopic (exact) mass is 496 g/mol. The fourth-order valence-electron chi connectivity index (χ4n) is 4.79. The topological polar surface area (TPSA) is 112 Å². The lowest BCUT2D eigenvalue weighted by Gasteiger charge is -2.32. The summed E-state index contributed by atoms with van der Waals surface area (Å²) in [7, 11) is 0. The molecule has 1 aliphatic heterocycles. The number of likely N-dealkylation sites (tertiary alicyclic amines) is 1. The summed E-state index contributed by atoms with van der Waals surface area (Å²) in [5, 5.41) is 0.599. The molecule has 2 aromatic carbocycles. The van der Waals surface area contributed by atoms with Crippen LogP contribution >= 0.6 is 0 Å².